The van der Waals surface area contributed by atoms with E-state index in [2.05, 4.69) is 4.90 Å². The number of pyridine rings is 1. The molecule has 2 saturated heterocycles. The maximum Gasteiger partial charge on any atom is 0.254 e. The fourth-order valence-corrected chi connectivity index (χ4v) is 6.07. The summed E-state index contributed by atoms with van der Waals surface area (Å²) in [5.74, 6) is -0.730. The van der Waals surface area contributed by atoms with Crippen LogP contribution >= 0.6 is 0 Å². The third-order valence-corrected chi connectivity index (χ3v) is 8.30. The second kappa shape index (κ2) is 11.7. The fourth-order valence-electron chi connectivity index (χ4n) is 5.44. The van der Waals surface area contributed by atoms with Crippen LogP contribution < -0.4 is 0 Å². The van der Waals surface area contributed by atoms with E-state index in [0.717, 1.165) is 54.7 Å². The number of carbonyl (C=O) groups excluding carboxylic acids is 2. The Morgan fingerprint density at radius 3 is 1.77 bits per heavy atom. The number of carbonyl (C=O) groups is 2. The smallest absolute Gasteiger partial charge is 0.254 e. The van der Waals surface area contributed by atoms with Crippen LogP contribution in [0.4, 0.5) is 0 Å². The second-order valence-corrected chi connectivity index (χ2v) is 12.5. The Kier molecular flexibility index (Phi) is 8.09. The van der Waals surface area contributed by atoms with Crippen molar-refractivity contribution in [1.82, 2.24) is 19.7 Å². The summed E-state index contributed by atoms with van der Waals surface area (Å²) in [6, 6.07) is 23.9. The zero-order valence-electron chi connectivity index (χ0n) is 22.2. The monoisotopic (exact) mass is 546 g/mol. The van der Waals surface area contributed by atoms with Gasteiger partial charge in [-0.1, -0.05) is 60.7 Å². The van der Waals surface area contributed by atoms with Crippen molar-refractivity contribution in [3.8, 4) is 22.5 Å². The molecule has 2 fully saturated rings. The Morgan fingerprint density at radius 2 is 1.28 bits per heavy atom. The van der Waals surface area contributed by atoms with Crippen LogP contribution in [0.2, 0.25) is 0 Å². The highest BCUT2D eigenvalue weighted by atomic mass is 32.2. The van der Waals surface area contributed by atoms with E-state index in [1.165, 1.54) is 0 Å². The zero-order chi connectivity index (χ0) is 27.4. The van der Waals surface area contributed by atoms with Crippen LogP contribution in [0.1, 0.15) is 23.2 Å². The van der Waals surface area contributed by atoms with Crippen molar-refractivity contribution >= 4 is 21.7 Å². The van der Waals surface area contributed by atoms with Gasteiger partial charge in [-0.25, -0.2) is 13.4 Å². The largest absolute Gasteiger partial charge is 0.342 e. The van der Waals surface area contributed by atoms with Gasteiger partial charge in [-0.3, -0.25) is 14.5 Å². The number of nitrogens with zero attached hydrogens (tertiary/aromatic N) is 4. The van der Waals surface area contributed by atoms with Crippen molar-refractivity contribution in [1.29, 1.82) is 0 Å². The Labute approximate surface area is 230 Å². The van der Waals surface area contributed by atoms with Crippen molar-refractivity contribution in [2.24, 2.45) is 0 Å². The predicted molar refractivity (Wildman–Crippen MR) is 152 cm³/mol. The number of piperazine rings is 1. The molecule has 0 unspecified atom stereocenters. The lowest BCUT2D eigenvalue weighted by molar-refractivity contribution is -0.130. The van der Waals surface area contributed by atoms with Crippen molar-refractivity contribution in [3.05, 3.63) is 78.4 Å². The van der Waals surface area contributed by atoms with Crippen LogP contribution in [0.5, 0.6) is 0 Å². The van der Waals surface area contributed by atoms with Crippen LogP contribution in [-0.2, 0) is 14.6 Å². The number of rotatable bonds is 6. The molecule has 2 aliphatic heterocycles. The molecule has 3 heterocycles. The number of aromatic nitrogens is 1. The van der Waals surface area contributed by atoms with Gasteiger partial charge in [-0.2, -0.15) is 0 Å². The van der Waals surface area contributed by atoms with E-state index in [1.54, 1.807) is 4.90 Å². The molecule has 0 atom stereocenters. The molecule has 1 aromatic heterocycles. The van der Waals surface area contributed by atoms with E-state index < -0.39 is 15.6 Å². The van der Waals surface area contributed by atoms with Crippen molar-refractivity contribution in [2.45, 2.75) is 18.9 Å². The van der Waals surface area contributed by atoms with Crippen LogP contribution in [0.15, 0.2) is 72.8 Å². The lowest BCUT2D eigenvalue weighted by Crippen LogP contribution is -2.55. The molecule has 2 aliphatic rings. The molecule has 0 radical (unpaired) electrons. The molecule has 0 saturated carbocycles. The first-order valence-corrected chi connectivity index (χ1v) is 15.4. The van der Waals surface area contributed by atoms with Crippen LogP contribution in [0, 0.1) is 0 Å². The number of hydrogen-bond donors (Lipinski definition) is 0. The average Bonchev–Trinajstić information content (AvgIpc) is 2.97. The van der Waals surface area contributed by atoms with Gasteiger partial charge in [-0.05, 0) is 25.0 Å². The highest BCUT2D eigenvalue weighted by Crippen LogP contribution is 2.26. The zero-order valence-corrected chi connectivity index (χ0v) is 23.0. The average molecular weight is 547 g/mol. The third-order valence-electron chi connectivity index (χ3n) is 7.53. The number of amides is 2. The van der Waals surface area contributed by atoms with E-state index >= 15 is 0 Å². The molecule has 0 aliphatic carbocycles. The van der Waals surface area contributed by atoms with Gasteiger partial charge >= 0.3 is 0 Å². The lowest BCUT2D eigenvalue weighted by atomic mass is 10.0. The van der Waals surface area contributed by atoms with Crippen LogP contribution in [-0.4, -0.2) is 97.2 Å². The lowest BCUT2D eigenvalue weighted by Gasteiger charge is -2.42. The summed E-state index contributed by atoms with van der Waals surface area (Å²) in [4.78, 5) is 36.8. The number of sulfone groups is 1. The number of benzene rings is 2. The maximum absolute atomic E-state index is 13.7. The summed E-state index contributed by atoms with van der Waals surface area (Å²) in [5, 5.41) is 0. The summed E-state index contributed by atoms with van der Waals surface area (Å²) in [5.41, 5.74) is 4.12. The minimum atomic E-state index is -3.32. The van der Waals surface area contributed by atoms with Gasteiger partial charge < -0.3 is 9.80 Å². The first kappa shape index (κ1) is 27.0. The Bertz CT molecular complexity index is 1360. The van der Waals surface area contributed by atoms with Crippen molar-refractivity contribution < 1.29 is 18.0 Å². The molecule has 39 heavy (non-hydrogen) atoms. The van der Waals surface area contributed by atoms with Crippen molar-refractivity contribution in [3.63, 3.8) is 0 Å². The number of hydrogen-bond acceptors (Lipinski definition) is 6. The first-order valence-electron chi connectivity index (χ1n) is 13.4. The molecule has 0 N–H and O–H groups in total. The van der Waals surface area contributed by atoms with Gasteiger partial charge in [0, 0.05) is 68.3 Å². The molecule has 204 valence electrons. The van der Waals surface area contributed by atoms with E-state index in [-0.39, 0.29) is 11.8 Å². The summed E-state index contributed by atoms with van der Waals surface area (Å²) in [7, 11) is -3.32. The first-order chi connectivity index (χ1) is 18.8. The van der Waals surface area contributed by atoms with E-state index in [9.17, 15) is 18.0 Å². The van der Waals surface area contributed by atoms with Gasteiger partial charge in [0.25, 0.3) is 5.91 Å². The molecule has 0 bridgehead atoms. The van der Waals surface area contributed by atoms with Crippen LogP contribution in [0.3, 0.4) is 0 Å². The highest BCUT2D eigenvalue weighted by molar-refractivity contribution is 7.91. The van der Waals surface area contributed by atoms with Gasteiger partial charge in [-0.15, -0.1) is 0 Å². The molecule has 8 nitrogen and oxygen atoms in total. The van der Waals surface area contributed by atoms with Crippen LogP contribution in [0.25, 0.3) is 22.5 Å². The fraction of sp³-hybridized carbons (Fsp3) is 0.367. The summed E-state index contributed by atoms with van der Waals surface area (Å²) in [6.07, 6.45) is 2.72. The Morgan fingerprint density at radius 1 is 0.769 bits per heavy atom. The van der Waals surface area contributed by atoms with Crippen molar-refractivity contribution in [2.75, 3.05) is 51.3 Å². The molecule has 0 spiro atoms. The minimum Gasteiger partial charge on any atom is -0.342 e. The predicted octanol–water partition coefficient (Wildman–Crippen LogP) is 3.21. The minimum absolute atomic E-state index is 0.00704. The summed E-state index contributed by atoms with van der Waals surface area (Å²) >= 11 is 0. The Hall–Kier alpha value is -3.56. The van der Waals surface area contributed by atoms with Gasteiger partial charge in [0.1, 0.15) is 5.75 Å². The molecule has 2 amide bonds. The van der Waals surface area contributed by atoms with Gasteiger partial charge in [0.05, 0.1) is 11.4 Å². The molecular weight excluding hydrogens is 512 g/mol. The van der Waals surface area contributed by atoms with E-state index in [4.69, 9.17) is 4.98 Å². The summed E-state index contributed by atoms with van der Waals surface area (Å²) < 4.78 is 22.9. The molecule has 2 aromatic carbocycles. The topological polar surface area (TPSA) is 90.9 Å². The van der Waals surface area contributed by atoms with E-state index in [0.29, 0.717) is 37.8 Å². The highest BCUT2D eigenvalue weighted by Gasteiger charge is 2.31. The quantitative estimate of drug-likeness (QED) is 0.472. The number of likely N-dealkylation sites (tertiary alicyclic amines) is 1. The molecular formula is C30H34N4O4S. The van der Waals surface area contributed by atoms with E-state index in [1.807, 2.05) is 77.7 Å². The summed E-state index contributed by atoms with van der Waals surface area (Å²) in [6.45, 7) is 3.95. The van der Waals surface area contributed by atoms with Gasteiger partial charge in [0.2, 0.25) is 5.91 Å². The molecule has 9 heteroatoms. The molecule has 5 rings (SSSR count). The Balaban J connectivity index is 1.24. The standard InChI is InChI=1S/C30H34N4O4S/c1-39(37,38)22-29(35)33-14-12-26(13-15-33)32-16-18-34(19-17-32)30(36)25-20-27(23-8-4-2-5-9-23)31-28(21-25)24-10-6-3-7-11-24/h2-11,20-21,26H,12-19,22H2,1H3. The van der Waals surface area contributed by atoms with Gasteiger partial charge in [0.15, 0.2) is 9.84 Å². The second-order valence-electron chi connectivity index (χ2n) is 10.4. The SMILES string of the molecule is CS(=O)(=O)CC(=O)N1CCC(N2CCN(C(=O)c3cc(-c4ccccc4)nc(-c4ccccc4)c3)CC2)CC1. The number of piperidine rings is 1. The third kappa shape index (κ3) is 6.72. The molecule has 3 aromatic rings. The normalized spacial score (nSPS) is 17.3. The maximum atomic E-state index is 13.7.